The van der Waals surface area contributed by atoms with Gasteiger partial charge in [0.25, 0.3) is 0 Å². The highest BCUT2D eigenvalue weighted by Crippen LogP contribution is 2.20. The van der Waals surface area contributed by atoms with Gasteiger partial charge in [0.2, 0.25) is 0 Å². The summed E-state index contributed by atoms with van der Waals surface area (Å²) in [5.41, 5.74) is 0.836. The molecule has 1 saturated heterocycles. The van der Waals surface area contributed by atoms with Crippen LogP contribution >= 0.6 is 0 Å². The molecule has 0 aromatic carbocycles. The third-order valence-electron chi connectivity index (χ3n) is 4.54. The third-order valence-corrected chi connectivity index (χ3v) is 4.54. The van der Waals surface area contributed by atoms with E-state index in [4.69, 9.17) is 14.7 Å². The molecule has 0 aromatic rings. The van der Waals surface area contributed by atoms with Gasteiger partial charge in [0.1, 0.15) is 6.79 Å². The van der Waals surface area contributed by atoms with E-state index in [1.807, 2.05) is 18.2 Å². The Hall–Kier alpha value is -1.37. The minimum absolute atomic E-state index is 0.398. The standard InChI is InChI=1S/C12H24O2.C7H3N/c1-3-4-5-6-7-8-12-9-13-10-14-11(12)2;8-4-6-3-5-1-2-7(5)6/h11-12H,3-10H2,1-2H3;1-3H. The summed E-state index contributed by atoms with van der Waals surface area (Å²) in [5.74, 6) is 0.630. The van der Waals surface area contributed by atoms with Crippen LogP contribution in [0.5, 0.6) is 0 Å². The summed E-state index contributed by atoms with van der Waals surface area (Å²) < 4.78 is 10.8. The van der Waals surface area contributed by atoms with Crippen molar-refractivity contribution in [2.75, 3.05) is 13.4 Å². The summed E-state index contributed by atoms with van der Waals surface area (Å²) in [6.45, 7) is 5.81. The molecule has 0 N–H and O–H groups in total. The molecular weight excluding hydrogens is 274 g/mol. The monoisotopic (exact) mass is 301 g/mol. The lowest BCUT2D eigenvalue weighted by Gasteiger charge is -2.28. The smallest absolute Gasteiger partial charge is 0.147 e. The first kappa shape index (κ1) is 17.0. The average molecular weight is 301 g/mol. The van der Waals surface area contributed by atoms with Crippen LogP contribution in [-0.4, -0.2) is 19.5 Å². The fourth-order valence-electron chi connectivity index (χ4n) is 2.84. The number of rotatable bonds is 6. The molecule has 2 unspecified atom stereocenters. The van der Waals surface area contributed by atoms with E-state index >= 15 is 0 Å². The predicted octanol–water partition coefficient (Wildman–Crippen LogP) is 4.51. The lowest BCUT2D eigenvalue weighted by Crippen LogP contribution is -2.31. The number of ether oxygens (including phenoxy) is 2. The molecule has 3 aliphatic rings. The van der Waals surface area contributed by atoms with Crippen LogP contribution in [0.25, 0.3) is 0 Å². The van der Waals surface area contributed by atoms with Crippen molar-refractivity contribution in [2.45, 2.75) is 58.5 Å². The molecule has 120 valence electrons. The van der Waals surface area contributed by atoms with Crippen LogP contribution < -0.4 is 0 Å². The third kappa shape index (κ3) is 4.56. The molecule has 1 fully saturated rings. The Morgan fingerprint density at radius 1 is 1.23 bits per heavy atom. The van der Waals surface area contributed by atoms with Crippen LogP contribution in [0.15, 0.2) is 18.2 Å². The van der Waals surface area contributed by atoms with Gasteiger partial charge in [-0.2, -0.15) is 5.26 Å². The van der Waals surface area contributed by atoms with Gasteiger partial charge < -0.3 is 9.47 Å². The highest BCUT2D eigenvalue weighted by atomic mass is 16.7. The van der Waals surface area contributed by atoms with Crippen LogP contribution in [0.3, 0.4) is 0 Å². The summed E-state index contributed by atoms with van der Waals surface area (Å²) in [5, 5.41) is 10.7. The van der Waals surface area contributed by atoms with E-state index in [0.29, 0.717) is 18.8 Å². The van der Waals surface area contributed by atoms with Gasteiger partial charge >= 0.3 is 0 Å². The van der Waals surface area contributed by atoms with Crippen LogP contribution in [0.4, 0.5) is 0 Å². The molecule has 3 rings (SSSR count). The Kier molecular flexibility index (Phi) is 6.89. The number of hydrogen-bond donors (Lipinski definition) is 0. The Morgan fingerprint density at radius 2 is 2.05 bits per heavy atom. The van der Waals surface area contributed by atoms with Crippen molar-refractivity contribution in [2.24, 2.45) is 5.92 Å². The van der Waals surface area contributed by atoms with Gasteiger partial charge in [0.15, 0.2) is 0 Å². The zero-order valence-electron chi connectivity index (χ0n) is 13.8. The molecular formula is C19H27NO2. The molecule has 1 aliphatic heterocycles. The van der Waals surface area contributed by atoms with Crippen LogP contribution in [0, 0.1) is 27.7 Å². The summed E-state index contributed by atoms with van der Waals surface area (Å²) in [6, 6.07) is 7.96. The molecule has 3 nitrogen and oxygen atoms in total. The molecule has 0 amide bonds. The zero-order valence-corrected chi connectivity index (χ0v) is 13.8. The molecule has 0 aromatic heterocycles. The molecule has 22 heavy (non-hydrogen) atoms. The van der Waals surface area contributed by atoms with Gasteiger partial charge in [-0.3, -0.25) is 0 Å². The van der Waals surface area contributed by atoms with Gasteiger partial charge in [0, 0.05) is 5.92 Å². The van der Waals surface area contributed by atoms with Gasteiger partial charge in [0.05, 0.1) is 24.3 Å². The molecule has 2 atom stereocenters. The van der Waals surface area contributed by atoms with E-state index in [9.17, 15) is 0 Å². The molecule has 0 bridgehead atoms. The van der Waals surface area contributed by atoms with Crippen molar-refractivity contribution >= 4 is 0 Å². The topological polar surface area (TPSA) is 42.2 Å². The van der Waals surface area contributed by atoms with Crippen molar-refractivity contribution in [3.05, 3.63) is 34.2 Å². The second-order valence-electron chi connectivity index (χ2n) is 6.20. The van der Waals surface area contributed by atoms with Gasteiger partial charge in [-0.25, -0.2) is 0 Å². The maximum absolute atomic E-state index is 8.32. The number of nitriles is 1. The maximum Gasteiger partial charge on any atom is 0.147 e. The number of hydrogen-bond acceptors (Lipinski definition) is 3. The lowest BCUT2D eigenvalue weighted by molar-refractivity contribution is -0.165. The Balaban J connectivity index is 0.000000183. The van der Waals surface area contributed by atoms with Crippen molar-refractivity contribution in [3.8, 4) is 6.07 Å². The first-order valence-electron chi connectivity index (χ1n) is 8.50. The molecule has 0 saturated carbocycles. The van der Waals surface area contributed by atoms with Crippen LogP contribution in [0.2, 0.25) is 0 Å². The first-order chi connectivity index (χ1) is 10.8. The van der Waals surface area contributed by atoms with Crippen LogP contribution in [-0.2, 0) is 9.47 Å². The van der Waals surface area contributed by atoms with E-state index in [1.54, 1.807) is 0 Å². The minimum atomic E-state index is 0.398. The van der Waals surface area contributed by atoms with Gasteiger partial charge in [-0.05, 0) is 29.8 Å². The van der Waals surface area contributed by atoms with Gasteiger partial charge in [-0.1, -0.05) is 51.2 Å². The second-order valence-corrected chi connectivity index (χ2v) is 6.20. The van der Waals surface area contributed by atoms with Gasteiger partial charge in [-0.15, -0.1) is 0 Å². The summed E-state index contributed by atoms with van der Waals surface area (Å²) in [7, 11) is 0. The second kappa shape index (κ2) is 8.92. The Bertz CT molecular complexity index is 590. The van der Waals surface area contributed by atoms with Crippen molar-refractivity contribution in [3.63, 3.8) is 0 Å². The lowest BCUT2D eigenvalue weighted by atomic mass is 9.96. The maximum atomic E-state index is 8.32. The summed E-state index contributed by atoms with van der Waals surface area (Å²) in [6.07, 6.45) is 8.47. The van der Waals surface area contributed by atoms with E-state index < -0.39 is 0 Å². The first-order valence-corrected chi connectivity index (χ1v) is 8.50. The largest absolute Gasteiger partial charge is 0.355 e. The molecule has 1 heterocycles. The minimum Gasteiger partial charge on any atom is -0.355 e. The SMILES string of the molecule is CCCCCCCC1COCOC1C.N#Cc1cc2ccc1=2. The number of benzene rings is 1. The van der Waals surface area contributed by atoms with E-state index in [2.05, 4.69) is 19.9 Å². The quantitative estimate of drug-likeness (QED) is 0.737. The van der Waals surface area contributed by atoms with E-state index in [1.165, 1.54) is 43.7 Å². The molecule has 0 spiro atoms. The fourth-order valence-corrected chi connectivity index (χ4v) is 2.84. The van der Waals surface area contributed by atoms with Crippen molar-refractivity contribution < 1.29 is 9.47 Å². The number of unbranched alkanes of at least 4 members (excludes halogenated alkanes) is 4. The highest BCUT2D eigenvalue weighted by molar-refractivity contribution is 5.41. The number of nitrogens with zero attached hydrogens (tertiary/aromatic N) is 1. The molecule has 3 heteroatoms. The van der Waals surface area contributed by atoms with Crippen molar-refractivity contribution in [1.29, 1.82) is 5.26 Å². The van der Waals surface area contributed by atoms with Crippen molar-refractivity contribution in [1.82, 2.24) is 0 Å². The Morgan fingerprint density at radius 3 is 2.55 bits per heavy atom. The zero-order chi connectivity index (χ0) is 15.8. The van der Waals surface area contributed by atoms with E-state index in [-0.39, 0.29) is 0 Å². The highest BCUT2D eigenvalue weighted by Gasteiger charge is 2.21. The summed E-state index contributed by atoms with van der Waals surface area (Å²) in [4.78, 5) is 0. The average Bonchev–Trinajstić information content (AvgIpc) is 2.52. The van der Waals surface area contributed by atoms with Crippen LogP contribution in [0.1, 0.15) is 57.9 Å². The molecule has 2 aliphatic carbocycles. The summed E-state index contributed by atoms with van der Waals surface area (Å²) >= 11 is 0. The fraction of sp³-hybridized carbons (Fsp3) is 0.632. The predicted molar refractivity (Wildman–Crippen MR) is 87.1 cm³/mol. The molecule has 0 radical (unpaired) electrons. The van der Waals surface area contributed by atoms with E-state index in [0.717, 1.165) is 17.4 Å². The normalized spacial score (nSPS) is 21.5. The Labute approximate surface area is 133 Å².